The summed E-state index contributed by atoms with van der Waals surface area (Å²) in [5, 5.41) is 7.89. The van der Waals surface area contributed by atoms with Crippen molar-refractivity contribution >= 4 is 55.2 Å². The number of nitrogens with one attached hydrogen (secondary N) is 2. The molecule has 4 aromatic rings. The number of fused-ring (bicyclic) bond motifs is 1. The van der Waals surface area contributed by atoms with Crippen molar-refractivity contribution in [3.8, 4) is 0 Å². The number of aromatic nitrogens is 1. The molecule has 1 aromatic carbocycles. The van der Waals surface area contributed by atoms with Gasteiger partial charge in [0.15, 0.2) is 0 Å². The van der Waals surface area contributed by atoms with E-state index < -0.39 is 0 Å². The Labute approximate surface area is 162 Å². The molecular weight excluding hydrogens is 383 g/mol. The number of pyridine rings is 1. The Morgan fingerprint density at radius 2 is 2.07 bits per heavy atom. The van der Waals surface area contributed by atoms with Crippen LogP contribution < -0.4 is 16.4 Å². The van der Waals surface area contributed by atoms with E-state index in [9.17, 15) is 9.18 Å². The molecule has 4 rings (SSSR count). The number of nitrogen functional groups attached to an aromatic ring is 1. The van der Waals surface area contributed by atoms with Gasteiger partial charge in [-0.15, -0.1) is 22.7 Å². The number of hydrogen-bond acceptors (Lipinski definition) is 6. The molecule has 3 aromatic heterocycles. The summed E-state index contributed by atoms with van der Waals surface area (Å²) in [6, 6.07) is 11.9. The quantitative estimate of drug-likeness (QED) is 0.445. The molecular formula is C19H15FN4OS2. The van der Waals surface area contributed by atoms with Crippen molar-refractivity contribution in [3.05, 3.63) is 70.3 Å². The lowest BCUT2D eigenvalue weighted by Gasteiger charge is -2.11. The van der Waals surface area contributed by atoms with Crippen LogP contribution in [0.4, 0.5) is 21.6 Å². The van der Waals surface area contributed by atoms with E-state index in [0.29, 0.717) is 27.6 Å². The number of carbonyl (C=O) groups excluding carboxylic acids is 1. The minimum Gasteiger partial charge on any atom is -0.382 e. The van der Waals surface area contributed by atoms with Gasteiger partial charge in [0.1, 0.15) is 11.6 Å². The Balaban J connectivity index is 1.49. The first-order valence-corrected chi connectivity index (χ1v) is 9.81. The second-order valence-electron chi connectivity index (χ2n) is 5.81. The number of rotatable bonds is 5. The molecule has 5 nitrogen and oxygen atoms in total. The fraction of sp³-hybridized carbons (Fsp3) is 0.0526. The lowest BCUT2D eigenvalue weighted by molar-refractivity contribution is 0.103. The van der Waals surface area contributed by atoms with Crippen molar-refractivity contribution in [2.75, 3.05) is 16.4 Å². The van der Waals surface area contributed by atoms with Crippen molar-refractivity contribution in [3.63, 3.8) is 0 Å². The highest BCUT2D eigenvalue weighted by Crippen LogP contribution is 2.30. The molecule has 0 fully saturated rings. The van der Waals surface area contributed by atoms with Crippen LogP contribution in [0.3, 0.4) is 0 Å². The van der Waals surface area contributed by atoms with Gasteiger partial charge in [0.2, 0.25) is 0 Å². The molecule has 136 valence electrons. The van der Waals surface area contributed by atoms with Gasteiger partial charge in [0.25, 0.3) is 5.91 Å². The zero-order valence-electron chi connectivity index (χ0n) is 14.0. The Hall–Kier alpha value is -2.97. The summed E-state index contributed by atoms with van der Waals surface area (Å²) in [5.74, 6) is -0.218. The summed E-state index contributed by atoms with van der Waals surface area (Å²) in [6.07, 6.45) is 1.59. The lowest BCUT2D eigenvalue weighted by Crippen LogP contribution is -2.11. The molecule has 8 heteroatoms. The fourth-order valence-corrected chi connectivity index (χ4v) is 4.62. The molecule has 4 N–H and O–H groups in total. The molecule has 1 amide bonds. The van der Waals surface area contributed by atoms with Crippen molar-refractivity contribution in [2.24, 2.45) is 0 Å². The summed E-state index contributed by atoms with van der Waals surface area (Å²) in [5.41, 5.74) is 7.37. The Bertz CT molecular complexity index is 1090. The van der Waals surface area contributed by atoms with Gasteiger partial charge in [-0.05, 0) is 47.8 Å². The lowest BCUT2D eigenvalue weighted by atomic mass is 10.1. The summed E-state index contributed by atoms with van der Waals surface area (Å²) < 4.78 is 16.3. The van der Waals surface area contributed by atoms with E-state index in [4.69, 9.17) is 5.73 Å². The predicted octanol–water partition coefficient (Wildman–Crippen LogP) is 4.94. The molecule has 0 aliphatic rings. The topological polar surface area (TPSA) is 80.0 Å². The molecule has 0 aliphatic carbocycles. The van der Waals surface area contributed by atoms with Crippen LogP contribution in [-0.2, 0) is 6.54 Å². The van der Waals surface area contributed by atoms with E-state index in [-0.39, 0.29) is 18.3 Å². The van der Waals surface area contributed by atoms with Crippen LogP contribution in [0.15, 0.2) is 54.0 Å². The third-order valence-electron chi connectivity index (χ3n) is 3.97. The van der Waals surface area contributed by atoms with Crippen LogP contribution in [0.1, 0.15) is 15.2 Å². The zero-order valence-corrected chi connectivity index (χ0v) is 15.7. The van der Waals surface area contributed by atoms with Crippen LogP contribution in [0, 0.1) is 5.82 Å². The standard InChI is InChI=1S/C19H15FN4OS2/c20-13-4-3-12(8-11(13)10-23-14-2-1-6-22-18(14)21)24-19(25)17-9-16-15(27-17)5-7-26-16/h1-9,23H,10H2,(H2,21,22)(H,24,25). The normalized spacial score (nSPS) is 10.9. The molecule has 0 aliphatic heterocycles. The minimum atomic E-state index is -0.361. The highest BCUT2D eigenvalue weighted by atomic mass is 32.1. The van der Waals surface area contributed by atoms with Gasteiger partial charge < -0.3 is 16.4 Å². The van der Waals surface area contributed by atoms with E-state index in [2.05, 4.69) is 15.6 Å². The largest absolute Gasteiger partial charge is 0.382 e. The Morgan fingerprint density at radius 3 is 2.89 bits per heavy atom. The van der Waals surface area contributed by atoms with Gasteiger partial charge in [0.05, 0.1) is 10.6 Å². The Kier molecular flexibility index (Phi) is 4.74. The van der Waals surface area contributed by atoms with Crippen molar-refractivity contribution in [1.29, 1.82) is 0 Å². The maximum Gasteiger partial charge on any atom is 0.265 e. The molecule has 0 bridgehead atoms. The molecule has 27 heavy (non-hydrogen) atoms. The minimum absolute atomic E-state index is 0.203. The molecule has 0 saturated carbocycles. The molecule has 0 spiro atoms. The van der Waals surface area contributed by atoms with Crippen LogP contribution in [0.2, 0.25) is 0 Å². The summed E-state index contributed by atoms with van der Waals surface area (Å²) >= 11 is 3.04. The zero-order chi connectivity index (χ0) is 18.8. The van der Waals surface area contributed by atoms with E-state index in [1.54, 1.807) is 41.8 Å². The third-order valence-corrected chi connectivity index (χ3v) is 6.07. The van der Waals surface area contributed by atoms with Gasteiger partial charge >= 0.3 is 0 Å². The van der Waals surface area contributed by atoms with Gasteiger partial charge in [-0.1, -0.05) is 0 Å². The first kappa shape index (κ1) is 17.4. The molecule has 0 saturated heterocycles. The molecule has 0 atom stereocenters. The Morgan fingerprint density at radius 1 is 1.19 bits per heavy atom. The highest BCUT2D eigenvalue weighted by Gasteiger charge is 2.12. The van der Waals surface area contributed by atoms with Gasteiger partial charge in [-0.2, -0.15) is 0 Å². The van der Waals surface area contributed by atoms with Crippen molar-refractivity contribution in [1.82, 2.24) is 4.98 Å². The summed E-state index contributed by atoms with van der Waals surface area (Å²) in [7, 11) is 0. The van der Waals surface area contributed by atoms with Crippen molar-refractivity contribution < 1.29 is 9.18 Å². The smallest absolute Gasteiger partial charge is 0.265 e. The number of carbonyl (C=O) groups is 1. The monoisotopic (exact) mass is 398 g/mol. The maximum absolute atomic E-state index is 14.1. The molecule has 3 heterocycles. The number of thiophene rings is 2. The number of benzene rings is 1. The maximum atomic E-state index is 14.1. The van der Waals surface area contributed by atoms with Gasteiger partial charge in [0, 0.05) is 33.4 Å². The summed E-state index contributed by atoms with van der Waals surface area (Å²) in [6.45, 7) is 0.222. The number of anilines is 3. The summed E-state index contributed by atoms with van der Waals surface area (Å²) in [4.78, 5) is 17.1. The molecule has 0 radical (unpaired) electrons. The van der Waals surface area contributed by atoms with Crippen molar-refractivity contribution in [2.45, 2.75) is 6.54 Å². The van der Waals surface area contributed by atoms with E-state index in [1.807, 2.05) is 17.5 Å². The van der Waals surface area contributed by atoms with Crippen LogP contribution in [0.25, 0.3) is 9.40 Å². The van der Waals surface area contributed by atoms with Crippen LogP contribution >= 0.6 is 22.7 Å². The predicted molar refractivity (Wildman–Crippen MR) is 110 cm³/mol. The van der Waals surface area contributed by atoms with Gasteiger partial charge in [-0.25, -0.2) is 9.37 Å². The average molecular weight is 398 g/mol. The third kappa shape index (κ3) is 3.76. The fourth-order valence-electron chi connectivity index (χ4n) is 2.62. The van der Waals surface area contributed by atoms with Crippen LogP contribution in [0.5, 0.6) is 0 Å². The van der Waals surface area contributed by atoms with Gasteiger partial charge in [-0.3, -0.25) is 4.79 Å². The number of hydrogen-bond donors (Lipinski definition) is 3. The van der Waals surface area contributed by atoms with E-state index >= 15 is 0 Å². The SMILES string of the molecule is Nc1ncccc1NCc1cc(NC(=O)c2cc3sccc3s2)ccc1F. The first-order chi connectivity index (χ1) is 13.1. The molecule has 0 unspecified atom stereocenters. The second-order valence-corrected chi connectivity index (χ2v) is 7.84. The second kappa shape index (κ2) is 7.34. The highest BCUT2D eigenvalue weighted by molar-refractivity contribution is 7.27. The van der Waals surface area contributed by atoms with Crippen LogP contribution in [-0.4, -0.2) is 10.9 Å². The van der Waals surface area contributed by atoms with E-state index in [0.717, 1.165) is 9.40 Å². The number of nitrogens with zero attached hydrogens (tertiary/aromatic N) is 1. The average Bonchev–Trinajstić information content (AvgIpc) is 3.25. The number of nitrogens with two attached hydrogens (primary N) is 1. The first-order valence-electron chi connectivity index (χ1n) is 8.11. The van der Waals surface area contributed by atoms with E-state index in [1.165, 1.54) is 17.4 Å². The number of halogens is 1. The number of amides is 1.